The molecule has 0 radical (unpaired) electrons. The number of carbonyl (C=O) groups excluding carboxylic acids is 1. The Morgan fingerprint density at radius 3 is 2.80 bits per heavy atom. The number of hydrogen-bond donors (Lipinski definition) is 1. The average molecular weight is 280 g/mol. The van der Waals surface area contributed by atoms with Crippen molar-refractivity contribution in [3.05, 3.63) is 27.7 Å². The fourth-order valence-electron chi connectivity index (χ4n) is 2.37. The summed E-state index contributed by atoms with van der Waals surface area (Å²) in [4.78, 5) is 24.3. The number of ether oxygens (including phenoxy) is 2. The Morgan fingerprint density at radius 1 is 1.40 bits per heavy atom. The molecular formula is C14H20N2O4. The molecule has 0 fully saturated rings. The summed E-state index contributed by atoms with van der Waals surface area (Å²) in [5, 5.41) is 3.21. The first-order valence-electron chi connectivity index (χ1n) is 6.77. The standard InChI is InChI=1S/C14H20N2O4/c1-9(2)20-11-8-12(17)16-7-6-15-5-4-10(16)13(11)14(18)19-3/h8-9,15H,4-7H2,1-3H3. The van der Waals surface area contributed by atoms with E-state index in [9.17, 15) is 9.59 Å². The highest BCUT2D eigenvalue weighted by Crippen LogP contribution is 2.24. The van der Waals surface area contributed by atoms with Crippen LogP contribution >= 0.6 is 0 Å². The largest absolute Gasteiger partial charge is 0.490 e. The summed E-state index contributed by atoms with van der Waals surface area (Å²) in [6.45, 7) is 5.67. The lowest BCUT2D eigenvalue weighted by atomic mass is 10.1. The van der Waals surface area contributed by atoms with Crippen molar-refractivity contribution in [1.82, 2.24) is 9.88 Å². The third-order valence-electron chi connectivity index (χ3n) is 3.18. The van der Waals surface area contributed by atoms with Gasteiger partial charge in [0.25, 0.3) is 5.56 Å². The van der Waals surface area contributed by atoms with Crippen molar-refractivity contribution < 1.29 is 14.3 Å². The molecule has 0 unspecified atom stereocenters. The second-order valence-electron chi connectivity index (χ2n) is 4.98. The highest BCUT2D eigenvalue weighted by Gasteiger charge is 2.24. The van der Waals surface area contributed by atoms with Gasteiger partial charge in [0.05, 0.1) is 13.2 Å². The number of nitrogens with zero attached hydrogens (tertiary/aromatic N) is 1. The van der Waals surface area contributed by atoms with Gasteiger partial charge in [-0.25, -0.2) is 4.79 Å². The SMILES string of the molecule is COC(=O)c1c(OC(C)C)cc(=O)n2c1CCNCC2. The molecule has 0 bridgehead atoms. The van der Waals surface area contributed by atoms with Gasteiger partial charge in [-0.2, -0.15) is 0 Å². The van der Waals surface area contributed by atoms with Crippen LogP contribution in [-0.4, -0.2) is 36.8 Å². The average Bonchev–Trinajstić information content (AvgIpc) is 2.63. The Balaban J connectivity index is 2.63. The topological polar surface area (TPSA) is 69.6 Å². The van der Waals surface area contributed by atoms with Gasteiger partial charge in [-0.1, -0.05) is 0 Å². The smallest absolute Gasteiger partial charge is 0.343 e. The first-order chi connectivity index (χ1) is 9.54. The van der Waals surface area contributed by atoms with Crippen LogP contribution in [0.25, 0.3) is 0 Å². The zero-order valence-electron chi connectivity index (χ0n) is 12.1. The van der Waals surface area contributed by atoms with E-state index in [0.29, 0.717) is 43.1 Å². The summed E-state index contributed by atoms with van der Waals surface area (Å²) < 4.78 is 12.1. The van der Waals surface area contributed by atoms with Crippen molar-refractivity contribution in [3.63, 3.8) is 0 Å². The van der Waals surface area contributed by atoms with E-state index in [4.69, 9.17) is 9.47 Å². The second-order valence-corrected chi connectivity index (χ2v) is 4.98. The van der Waals surface area contributed by atoms with Gasteiger partial charge < -0.3 is 19.4 Å². The van der Waals surface area contributed by atoms with Crippen LogP contribution in [0, 0.1) is 0 Å². The Labute approximate surface area is 117 Å². The minimum absolute atomic E-state index is 0.121. The lowest BCUT2D eigenvalue weighted by Crippen LogP contribution is -2.28. The minimum Gasteiger partial charge on any atom is -0.490 e. The van der Waals surface area contributed by atoms with E-state index in [1.54, 1.807) is 4.57 Å². The molecule has 0 saturated heterocycles. The molecule has 0 spiro atoms. The van der Waals surface area contributed by atoms with Crippen LogP contribution in [0.15, 0.2) is 10.9 Å². The third-order valence-corrected chi connectivity index (χ3v) is 3.18. The summed E-state index contributed by atoms with van der Waals surface area (Å²) in [6, 6.07) is 1.38. The van der Waals surface area contributed by atoms with E-state index in [2.05, 4.69) is 5.32 Å². The van der Waals surface area contributed by atoms with Gasteiger partial charge in [-0.15, -0.1) is 0 Å². The molecule has 6 heteroatoms. The van der Waals surface area contributed by atoms with Crippen LogP contribution in [0.1, 0.15) is 29.9 Å². The summed E-state index contributed by atoms with van der Waals surface area (Å²) >= 11 is 0. The predicted molar refractivity (Wildman–Crippen MR) is 74.4 cm³/mol. The lowest BCUT2D eigenvalue weighted by molar-refractivity contribution is 0.0591. The maximum atomic E-state index is 12.2. The van der Waals surface area contributed by atoms with Crippen molar-refractivity contribution >= 4 is 5.97 Å². The number of aromatic nitrogens is 1. The second kappa shape index (κ2) is 6.09. The lowest BCUT2D eigenvalue weighted by Gasteiger charge is -2.18. The van der Waals surface area contributed by atoms with E-state index >= 15 is 0 Å². The monoisotopic (exact) mass is 280 g/mol. The summed E-state index contributed by atoms with van der Waals surface area (Å²) in [5.41, 5.74) is 0.904. The predicted octanol–water partition coefficient (Wildman–Crippen LogP) is 0.568. The third kappa shape index (κ3) is 2.85. The van der Waals surface area contributed by atoms with Gasteiger partial charge in [0.15, 0.2) is 0 Å². The molecule has 0 saturated carbocycles. The normalized spacial score (nSPS) is 14.6. The number of esters is 1. The van der Waals surface area contributed by atoms with Crippen LogP contribution in [-0.2, 0) is 17.7 Å². The molecule has 1 aliphatic rings. The number of fused-ring (bicyclic) bond motifs is 1. The molecule has 110 valence electrons. The first-order valence-corrected chi connectivity index (χ1v) is 6.77. The van der Waals surface area contributed by atoms with Gasteiger partial charge in [-0.05, 0) is 13.8 Å². The molecule has 1 aliphatic heterocycles. The van der Waals surface area contributed by atoms with Crippen LogP contribution in [0.2, 0.25) is 0 Å². The van der Waals surface area contributed by atoms with Gasteiger partial charge in [0, 0.05) is 37.8 Å². The van der Waals surface area contributed by atoms with Gasteiger partial charge in [0.2, 0.25) is 0 Å². The Bertz CT molecular complexity index is 563. The Morgan fingerprint density at radius 2 is 2.15 bits per heavy atom. The molecular weight excluding hydrogens is 260 g/mol. The van der Waals surface area contributed by atoms with Crippen molar-refractivity contribution in [2.24, 2.45) is 0 Å². The highest BCUT2D eigenvalue weighted by molar-refractivity contribution is 5.93. The number of methoxy groups -OCH3 is 1. The van der Waals surface area contributed by atoms with E-state index in [1.807, 2.05) is 13.8 Å². The summed E-state index contributed by atoms with van der Waals surface area (Å²) in [7, 11) is 1.33. The van der Waals surface area contributed by atoms with Crippen LogP contribution in [0.3, 0.4) is 0 Å². The van der Waals surface area contributed by atoms with E-state index in [-0.39, 0.29) is 11.7 Å². The quantitative estimate of drug-likeness (QED) is 0.820. The maximum Gasteiger partial charge on any atom is 0.343 e. The van der Waals surface area contributed by atoms with Crippen molar-refractivity contribution in [2.45, 2.75) is 32.9 Å². The molecule has 1 aromatic rings. The van der Waals surface area contributed by atoms with E-state index in [1.165, 1.54) is 13.2 Å². The molecule has 20 heavy (non-hydrogen) atoms. The van der Waals surface area contributed by atoms with Gasteiger partial charge in [-0.3, -0.25) is 4.79 Å². The molecule has 0 atom stereocenters. The molecule has 1 N–H and O–H groups in total. The molecule has 0 aliphatic carbocycles. The number of hydrogen-bond acceptors (Lipinski definition) is 5. The van der Waals surface area contributed by atoms with Crippen molar-refractivity contribution in [2.75, 3.05) is 20.2 Å². The molecule has 6 nitrogen and oxygen atoms in total. The van der Waals surface area contributed by atoms with E-state index < -0.39 is 5.97 Å². The number of carbonyl (C=O) groups is 1. The molecule has 1 aromatic heterocycles. The minimum atomic E-state index is -0.466. The van der Waals surface area contributed by atoms with Crippen molar-refractivity contribution in [1.29, 1.82) is 0 Å². The Hall–Kier alpha value is -1.82. The van der Waals surface area contributed by atoms with E-state index in [0.717, 1.165) is 0 Å². The molecule has 2 heterocycles. The Kier molecular flexibility index (Phi) is 4.44. The number of nitrogens with one attached hydrogen (secondary N) is 1. The fraction of sp³-hybridized carbons (Fsp3) is 0.571. The van der Waals surface area contributed by atoms with Crippen LogP contribution in [0.4, 0.5) is 0 Å². The summed E-state index contributed by atoms with van der Waals surface area (Å²) in [6.07, 6.45) is 0.472. The van der Waals surface area contributed by atoms with Gasteiger partial charge >= 0.3 is 5.97 Å². The molecule has 0 amide bonds. The van der Waals surface area contributed by atoms with Crippen LogP contribution < -0.4 is 15.6 Å². The first kappa shape index (κ1) is 14.6. The zero-order chi connectivity index (χ0) is 14.7. The zero-order valence-corrected chi connectivity index (χ0v) is 12.1. The van der Waals surface area contributed by atoms with Gasteiger partial charge in [0.1, 0.15) is 11.3 Å². The molecule has 2 rings (SSSR count). The summed E-state index contributed by atoms with van der Waals surface area (Å²) in [5.74, 6) is -0.156. The highest BCUT2D eigenvalue weighted by atomic mass is 16.5. The maximum absolute atomic E-state index is 12.2. The van der Waals surface area contributed by atoms with Crippen LogP contribution in [0.5, 0.6) is 5.75 Å². The number of rotatable bonds is 3. The molecule has 0 aromatic carbocycles. The fourth-order valence-corrected chi connectivity index (χ4v) is 2.37. The number of pyridine rings is 1. The van der Waals surface area contributed by atoms with Crippen molar-refractivity contribution in [3.8, 4) is 5.75 Å².